The highest BCUT2D eigenvalue weighted by Gasteiger charge is 2.24. The molecule has 0 spiro atoms. The Balaban J connectivity index is 0.00000480. The fraction of sp³-hybridized carbons (Fsp3) is 0.381. The van der Waals surface area contributed by atoms with Crippen molar-refractivity contribution in [3.8, 4) is 11.5 Å². The van der Waals surface area contributed by atoms with Crippen LogP contribution in [0.15, 0.2) is 52.4 Å². The van der Waals surface area contributed by atoms with Crippen molar-refractivity contribution in [1.82, 2.24) is 10.0 Å². The molecule has 0 atom stereocenters. The molecule has 0 unspecified atom stereocenters. The van der Waals surface area contributed by atoms with Gasteiger partial charge < -0.3 is 20.1 Å². The molecule has 0 aliphatic carbocycles. The SMILES string of the molecule is CN=C(NCc1ccccc1S(=O)(=O)NC(C)(C)C)Nc1ccc(OC)c(OC)c1.I. The Morgan fingerprint density at radius 1 is 1.03 bits per heavy atom. The Bertz CT molecular complexity index is 1000. The van der Waals surface area contributed by atoms with E-state index in [1.165, 1.54) is 0 Å². The van der Waals surface area contributed by atoms with Crippen LogP contribution in [-0.4, -0.2) is 41.2 Å². The molecule has 0 saturated carbocycles. The molecule has 0 bridgehead atoms. The topological polar surface area (TPSA) is 101 Å². The van der Waals surface area contributed by atoms with E-state index in [4.69, 9.17) is 9.47 Å². The number of guanidine groups is 1. The Morgan fingerprint density at radius 3 is 2.26 bits per heavy atom. The fourth-order valence-electron chi connectivity index (χ4n) is 2.78. The molecule has 8 nitrogen and oxygen atoms in total. The second-order valence-electron chi connectivity index (χ2n) is 7.58. The Morgan fingerprint density at radius 2 is 1.68 bits per heavy atom. The number of benzene rings is 2. The number of aliphatic imine (C=N–C) groups is 1. The minimum absolute atomic E-state index is 0. The molecule has 2 rings (SSSR count). The summed E-state index contributed by atoms with van der Waals surface area (Å²) in [6.07, 6.45) is 0. The first kappa shape index (κ1) is 27.0. The lowest BCUT2D eigenvalue weighted by molar-refractivity contribution is 0.355. The van der Waals surface area contributed by atoms with Crippen LogP contribution >= 0.6 is 24.0 Å². The minimum atomic E-state index is -3.66. The van der Waals surface area contributed by atoms with E-state index in [0.29, 0.717) is 23.0 Å². The van der Waals surface area contributed by atoms with Gasteiger partial charge in [-0.25, -0.2) is 13.1 Å². The number of rotatable bonds is 7. The maximum absolute atomic E-state index is 12.8. The summed E-state index contributed by atoms with van der Waals surface area (Å²) in [6, 6.07) is 12.3. The summed E-state index contributed by atoms with van der Waals surface area (Å²) >= 11 is 0. The minimum Gasteiger partial charge on any atom is -0.493 e. The molecule has 3 N–H and O–H groups in total. The van der Waals surface area contributed by atoms with Gasteiger partial charge in [0.25, 0.3) is 0 Å². The number of methoxy groups -OCH3 is 2. The summed E-state index contributed by atoms with van der Waals surface area (Å²) in [5.41, 5.74) is 0.797. The maximum atomic E-state index is 12.8. The summed E-state index contributed by atoms with van der Waals surface area (Å²) in [4.78, 5) is 4.44. The van der Waals surface area contributed by atoms with Crippen molar-refractivity contribution in [3.63, 3.8) is 0 Å². The molecule has 2 aromatic rings. The van der Waals surface area contributed by atoms with Crippen molar-refractivity contribution in [2.24, 2.45) is 4.99 Å². The first-order valence-electron chi connectivity index (χ1n) is 9.41. The normalized spacial score (nSPS) is 12.0. The van der Waals surface area contributed by atoms with E-state index in [0.717, 1.165) is 5.69 Å². The second-order valence-corrected chi connectivity index (χ2v) is 9.23. The van der Waals surface area contributed by atoms with Crippen molar-refractivity contribution < 1.29 is 17.9 Å². The van der Waals surface area contributed by atoms with Crippen molar-refractivity contribution in [1.29, 1.82) is 0 Å². The van der Waals surface area contributed by atoms with Crippen molar-refractivity contribution in [2.45, 2.75) is 37.8 Å². The van der Waals surface area contributed by atoms with Crippen LogP contribution in [0.3, 0.4) is 0 Å². The third-order valence-electron chi connectivity index (χ3n) is 4.02. The van der Waals surface area contributed by atoms with Crippen LogP contribution in [0.1, 0.15) is 26.3 Å². The third-order valence-corrected chi connectivity index (χ3v) is 5.88. The molecule has 172 valence electrons. The molecule has 0 heterocycles. The van der Waals surface area contributed by atoms with Gasteiger partial charge in [0.1, 0.15) is 0 Å². The lowest BCUT2D eigenvalue weighted by Crippen LogP contribution is -2.41. The lowest BCUT2D eigenvalue weighted by atomic mass is 10.1. The van der Waals surface area contributed by atoms with Gasteiger partial charge in [-0.3, -0.25) is 4.99 Å². The molecule has 0 radical (unpaired) electrons. The largest absolute Gasteiger partial charge is 0.493 e. The van der Waals surface area contributed by atoms with Gasteiger partial charge in [0, 0.05) is 30.9 Å². The van der Waals surface area contributed by atoms with Crippen LogP contribution in [0.4, 0.5) is 5.69 Å². The molecule has 0 amide bonds. The molecule has 0 saturated heterocycles. The first-order valence-corrected chi connectivity index (χ1v) is 10.9. The lowest BCUT2D eigenvalue weighted by Gasteiger charge is -2.22. The number of hydrogen-bond acceptors (Lipinski definition) is 5. The van der Waals surface area contributed by atoms with Gasteiger partial charge in [0.2, 0.25) is 10.0 Å². The van der Waals surface area contributed by atoms with E-state index in [-0.39, 0.29) is 35.4 Å². The van der Waals surface area contributed by atoms with E-state index in [2.05, 4.69) is 20.3 Å². The van der Waals surface area contributed by atoms with Crippen LogP contribution in [0, 0.1) is 0 Å². The monoisotopic (exact) mass is 562 g/mol. The van der Waals surface area contributed by atoms with Gasteiger partial charge in [-0.2, -0.15) is 0 Å². The molecule has 0 aliphatic heterocycles. The molecule has 0 fully saturated rings. The highest BCUT2D eigenvalue weighted by Crippen LogP contribution is 2.29. The highest BCUT2D eigenvalue weighted by molar-refractivity contribution is 14.0. The second kappa shape index (κ2) is 11.5. The molecule has 0 aromatic heterocycles. The number of ether oxygens (including phenoxy) is 2. The van der Waals surface area contributed by atoms with Crippen LogP contribution in [0.25, 0.3) is 0 Å². The fourth-order valence-corrected chi connectivity index (χ4v) is 4.44. The van der Waals surface area contributed by atoms with Gasteiger partial charge in [-0.15, -0.1) is 24.0 Å². The smallest absolute Gasteiger partial charge is 0.241 e. The quantitative estimate of drug-likeness (QED) is 0.271. The van der Waals surface area contributed by atoms with Gasteiger partial charge in [0.15, 0.2) is 17.5 Å². The van der Waals surface area contributed by atoms with Crippen LogP contribution < -0.4 is 24.8 Å². The zero-order valence-corrected chi connectivity index (χ0v) is 21.8. The molecular formula is C21H31IN4O4S. The Labute approximate surface area is 201 Å². The van der Waals surface area contributed by atoms with E-state index in [1.54, 1.807) is 78.4 Å². The van der Waals surface area contributed by atoms with Crippen LogP contribution in [0.2, 0.25) is 0 Å². The number of nitrogens with one attached hydrogen (secondary N) is 3. The summed E-state index contributed by atoms with van der Waals surface area (Å²) in [6.45, 7) is 5.69. The highest BCUT2D eigenvalue weighted by atomic mass is 127. The zero-order valence-electron chi connectivity index (χ0n) is 18.6. The van der Waals surface area contributed by atoms with Crippen molar-refractivity contribution in [2.75, 3.05) is 26.6 Å². The Hall–Kier alpha value is -2.05. The standard InChI is InChI=1S/C21H30N4O4S.HI/c1-21(2,3)25-30(26,27)19-10-8-7-9-15(19)14-23-20(22-4)24-16-11-12-17(28-5)18(13-16)29-6;/h7-13,25H,14H2,1-6H3,(H2,22,23,24);1H. The molecular weight excluding hydrogens is 531 g/mol. The van der Waals surface area contributed by atoms with E-state index >= 15 is 0 Å². The predicted octanol–water partition coefficient (Wildman–Crippen LogP) is 3.59. The van der Waals surface area contributed by atoms with E-state index < -0.39 is 15.6 Å². The molecule has 10 heteroatoms. The molecule has 2 aromatic carbocycles. The van der Waals surface area contributed by atoms with Crippen molar-refractivity contribution in [3.05, 3.63) is 48.0 Å². The first-order chi connectivity index (χ1) is 14.1. The number of sulfonamides is 1. The Kier molecular flexibility index (Phi) is 10.0. The summed E-state index contributed by atoms with van der Waals surface area (Å²) in [5, 5.41) is 6.31. The average Bonchev–Trinajstić information content (AvgIpc) is 2.69. The number of anilines is 1. The van der Waals surface area contributed by atoms with Crippen molar-refractivity contribution >= 4 is 45.6 Å². The number of nitrogens with zero attached hydrogens (tertiary/aromatic N) is 1. The van der Waals surface area contributed by atoms with Gasteiger partial charge in [0.05, 0.1) is 19.1 Å². The van der Waals surface area contributed by atoms with Crippen LogP contribution in [0.5, 0.6) is 11.5 Å². The number of hydrogen-bond donors (Lipinski definition) is 3. The van der Waals surface area contributed by atoms with Gasteiger partial charge in [-0.1, -0.05) is 18.2 Å². The molecule has 0 aliphatic rings. The molecule has 31 heavy (non-hydrogen) atoms. The van der Waals surface area contributed by atoms with E-state index in [1.807, 2.05) is 6.07 Å². The van der Waals surface area contributed by atoms with Crippen LogP contribution in [-0.2, 0) is 16.6 Å². The van der Waals surface area contributed by atoms with Gasteiger partial charge in [-0.05, 0) is 44.5 Å². The predicted molar refractivity (Wildman–Crippen MR) is 135 cm³/mol. The van der Waals surface area contributed by atoms with E-state index in [9.17, 15) is 8.42 Å². The average molecular weight is 562 g/mol. The zero-order chi connectivity index (χ0) is 22.4. The summed E-state index contributed by atoms with van der Waals surface area (Å²) in [7, 11) is 1.12. The van der Waals surface area contributed by atoms with Gasteiger partial charge >= 0.3 is 0 Å². The maximum Gasteiger partial charge on any atom is 0.241 e. The summed E-state index contributed by atoms with van der Waals surface area (Å²) in [5.74, 6) is 1.69. The summed E-state index contributed by atoms with van der Waals surface area (Å²) < 4.78 is 38.8. The third kappa shape index (κ3) is 7.86. The number of halogens is 1.